The van der Waals surface area contributed by atoms with E-state index in [1.165, 1.54) is 23.0 Å². The Labute approximate surface area is 175 Å². The number of ether oxygens (including phenoxy) is 2. The molecule has 0 aliphatic carbocycles. The van der Waals surface area contributed by atoms with Gasteiger partial charge in [-0.2, -0.15) is 0 Å². The van der Waals surface area contributed by atoms with Gasteiger partial charge in [0.2, 0.25) is 0 Å². The molecule has 0 spiro atoms. The van der Waals surface area contributed by atoms with E-state index in [1.54, 1.807) is 24.3 Å². The largest absolute Gasteiger partial charge is 0.468 e. The molecule has 3 aromatic rings. The van der Waals surface area contributed by atoms with Crippen LogP contribution in [0.25, 0.3) is 15.9 Å². The first-order chi connectivity index (χ1) is 13.7. The van der Waals surface area contributed by atoms with Crippen molar-refractivity contribution in [1.29, 1.82) is 0 Å². The number of rotatable bonds is 3. The van der Waals surface area contributed by atoms with Crippen LogP contribution in [0.15, 0.2) is 33.9 Å². The lowest BCUT2D eigenvalue weighted by atomic mass is 9.98. The van der Waals surface area contributed by atoms with Gasteiger partial charge in [0.1, 0.15) is 11.2 Å². The number of nitrogens with zero attached hydrogens (tertiary/aromatic N) is 2. The van der Waals surface area contributed by atoms with Gasteiger partial charge < -0.3 is 9.47 Å². The van der Waals surface area contributed by atoms with Gasteiger partial charge in [-0.1, -0.05) is 17.7 Å². The molecule has 2 aromatic heterocycles. The van der Waals surface area contributed by atoms with Gasteiger partial charge in [0.05, 0.1) is 30.5 Å². The fourth-order valence-corrected chi connectivity index (χ4v) is 5.16. The van der Waals surface area contributed by atoms with E-state index < -0.39 is 17.2 Å². The molecule has 152 valence electrons. The number of carbonyl (C=O) groups is 1. The average Bonchev–Trinajstić information content (AvgIpc) is 3.02. The second-order valence-electron chi connectivity index (χ2n) is 7.47. The average molecular weight is 435 g/mol. The Morgan fingerprint density at radius 1 is 1.34 bits per heavy atom. The van der Waals surface area contributed by atoms with E-state index in [-0.39, 0.29) is 18.8 Å². The van der Waals surface area contributed by atoms with Gasteiger partial charge in [0.25, 0.3) is 5.56 Å². The van der Waals surface area contributed by atoms with Gasteiger partial charge in [-0.05, 0) is 32.0 Å². The molecule has 4 rings (SSSR count). The summed E-state index contributed by atoms with van der Waals surface area (Å²) in [4.78, 5) is 39.6. The van der Waals surface area contributed by atoms with Crippen LogP contribution in [0.1, 0.15) is 24.3 Å². The molecule has 0 saturated carbocycles. The molecule has 0 saturated heterocycles. The van der Waals surface area contributed by atoms with E-state index in [4.69, 9.17) is 21.1 Å². The number of aromatic nitrogens is 2. The molecule has 29 heavy (non-hydrogen) atoms. The van der Waals surface area contributed by atoms with E-state index in [9.17, 15) is 14.4 Å². The Hall–Kier alpha value is -2.42. The number of hydrogen-bond acceptors (Lipinski definition) is 6. The van der Waals surface area contributed by atoms with Crippen LogP contribution in [0.5, 0.6) is 0 Å². The Kier molecular flexibility index (Phi) is 4.88. The van der Waals surface area contributed by atoms with Crippen molar-refractivity contribution in [3.05, 3.63) is 60.6 Å². The van der Waals surface area contributed by atoms with E-state index in [1.807, 2.05) is 13.8 Å². The number of carbonyl (C=O) groups excluding carboxylic acids is 1. The summed E-state index contributed by atoms with van der Waals surface area (Å²) in [6.45, 7) is 3.92. The van der Waals surface area contributed by atoms with Crippen molar-refractivity contribution in [2.45, 2.75) is 39.0 Å². The summed E-state index contributed by atoms with van der Waals surface area (Å²) in [5, 5.41) is 0.397. The molecule has 0 amide bonds. The van der Waals surface area contributed by atoms with Crippen molar-refractivity contribution in [1.82, 2.24) is 9.13 Å². The van der Waals surface area contributed by atoms with Gasteiger partial charge in [-0.25, -0.2) is 9.36 Å². The number of fused-ring (bicyclic) bond motifs is 3. The maximum Gasteiger partial charge on any atom is 0.336 e. The fraction of sp³-hybridized carbons (Fsp3) is 0.350. The smallest absolute Gasteiger partial charge is 0.336 e. The molecule has 0 atom stereocenters. The molecular weight excluding hydrogens is 416 g/mol. The lowest BCUT2D eigenvalue weighted by molar-refractivity contribution is -0.141. The molecule has 3 heterocycles. The van der Waals surface area contributed by atoms with Crippen molar-refractivity contribution in [2.24, 2.45) is 0 Å². The molecule has 0 radical (unpaired) electrons. The van der Waals surface area contributed by atoms with Gasteiger partial charge in [-0.3, -0.25) is 14.2 Å². The van der Waals surface area contributed by atoms with Crippen molar-refractivity contribution in [3.8, 4) is 5.69 Å². The highest BCUT2D eigenvalue weighted by molar-refractivity contribution is 7.19. The van der Waals surface area contributed by atoms with Crippen molar-refractivity contribution >= 4 is 39.1 Å². The minimum Gasteiger partial charge on any atom is -0.468 e. The first-order valence-corrected chi connectivity index (χ1v) is 10.2. The molecule has 0 bridgehead atoms. The third-order valence-electron chi connectivity index (χ3n) is 4.93. The predicted molar refractivity (Wildman–Crippen MR) is 111 cm³/mol. The van der Waals surface area contributed by atoms with Crippen LogP contribution in [-0.2, 0) is 33.8 Å². The number of thiophene rings is 1. The van der Waals surface area contributed by atoms with Crippen LogP contribution < -0.4 is 11.2 Å². The summed E-state index contributed by atoms with van der Waals surface area (Å²) in [7, 11) is 1.26. The number of hydrogen-bond donors (Lipinski definition) is 0. The molecule has 0 fully saturated rings. The Morgan fingerprint density at radius 3 is 2.79 bits per heavy atom. The summed E-state index contributed by atoms with van der Waals surface area (Å²) >= 11 is 7.41. The minimum atomic E-state index is -0.624. The monoisotopic (exact) mass is 434 g/mol. The van der Waals surface area contributed by atoms with E-state index in [2.05, 4.69) is 0 Å². The Morgan fingerprint density at radius 2 is 2.10 bits per heavy atom. The molecule has 1 aliphatic heterocycles. The quantitative estimate of drug-likeness (QED) is 0.592. The topological polar surface area (TPSA) is 79.5 Å². The Bertz CT molecular complexity index is 1250. The Balaban J connectivity index is 2.08. The second kappa shape index (κ2) is 7.12. The summed E-state index contributed by atoms with van der Waals surface area (Å²) in [6.07, 6.45) is 0.616. The van der Waals surface area contributed by atoms with Crippen LogP contribution in [0, 0.1) is 0 Å². The van der Waals surface area contributed by atoms with Gasteiger partial charge in [0.15, 0.2) is 0 Å². The van der Waals surface area contributed by atoms with Gasteiger partial charge >= 0.3 is 11.7 Å². The number of halogens is 1. The molecule has 0 N–H and O–H groups in total. The molecule has 1 aromatic carbocycles. The first-order valence-electron chi connectivity index (χ1n) is 8.98. The molecule has 0 unspecified atom stereocenters. The van der Waals surface area contributed by atoms with Crippen LogP contribution in [-0.4, -0.2) is 27.8 Å². The third kappa shape index (κ3) is 3.41. The highest BCUT2D eigenvalue weighted by atomic mass is 35.5. The minimum absolute atomic E-state index is 0.267. The highest BCUT2D eigenvalue weighted by Crippen LogP contribution is 2.37. The SMILES string of the molecule is COC(=O)Cn1c(=O)n(-c2cccc(Cl)c2)c(=O)c2sc3c(c21)COC(C)(C)C3. The number of benzene rings is 1. The first kappa shape index (κ1) is 19.9. The summed E-state index contributed by atoms with van der Waals surface area (Å²) in [5.41, 5.74) is 0.134. The highest BCUT2D eigenvalue weighted by Gasteiger charge is 2.32. The van der Waals surface area contributed by atoms with E-state index in [0.717, 1.165) is 15.0 Å². The maximum absolute atomic E-state index is 13.3. The molecule has 1 aliphatic rings. The molecule has 9 heteroatoms. The van der Waals surface area contributed by atoms with Gasteiger partial charge in [-0.15, -0.1) is 11.3 Å². The van der Waals surface area contributed by atoms with E-state index in [0.29, 0.717) is 27.3 Å². The number of esters is 1. The van der Waals surface area contributed by atoms with Crippen LogP contribution >= 0.6 is 22.9 Å². The predicted octanol–water partition coefficient (Wildman–Crippen LogP) is 2.89. The summed E-state index contributed by atoms with van der Waals surface area (Å²) in [6, 6.07) is 6.49. The second-order valence-corrected chi connectivity index (χ2v) is 9.01. The van der Waals surface area contributed by atoms with Crippen molar-refractivity contribution < 1.29 is 14.3 Å². The summed E-state index contributed by atoms with van der Waals surface area (Å²) in [5.74, 6) is -0.582. The molecular formula is C20H19ClN2O5S. The van der Waals surface area contributed by atoms with Crippen molar-refractivity contribution in [2.75, 3.05) is 7.11 Å². The number of methoxy groups -OCH3 is 1. The van der Waals surface area contributed by atoms with Crippen molar-refractivity contribution in [3.63, 3.8) is 0 Å². The third-order valence-corrected chi connectivity index (χ3v) is 6.37. The lowest BCUT2D eigenvalue weighted by Crippen LogP contribution is -2.40. The summed E-state index contributed by atoms with van der Waals surface area (Å²) < 4.78 is 13.4. The lowest BCUT2D eigenvalue weighted by Gasteiger charge is -2.30. The zero-order chi connectivity index (χ0) is 20.9. The maximum atomic E-state index is 13.3. The fourth-order valence-electron chi connectivity index (χ4n) is 3.52. The zero-order valence-corrected chi connectivity index (χ0v) is 17.7. The van der Waals surface area contributed by atoms with Gasteiger partial charge in [0, 0.05) is 21.9 Å². The zero-order valence-electron chi connectivity index (χ0n) is 16.2. The van der Waals surface area contributed by atoms with Crippen LogP contribution in [0.2, 0.25) is 5.02 Å². The normalized spacial score (nSPS) is 15.3. The van der Waals surface area contributed by atoms with Crippen LogP contribution in [0.4, 0.5) is 0 Å². The van der Waals surface area contributed by atoms with E-state index >= 15 is 0 Å². The molecule has 7 nitrogen and oxygen atoms in total. The van der Waals surface area contributed by atoms with Crippen LogP contribution in [0.3, 0.4) is 0 Å². The standard InChI is InChI=1S/C20H19ClN2O5S/c1-20(2)8-14-13(10-28-20)16-17(29-14)18(25)23(12-6-4-5-11(21)7-12)19(26)22(16)9-15(24)27-3/h4-7H,8-10H2,1-3H3.